The van der Waals surface area contributed by atoms with Gasteiger partial charge in [-0.1, -0.05) is 18.2 Å². The number of amides is 4. The quantitative estimate of drug-likeness (QED) is 0.0606. The third kappa shape index (κ3) is 13.3. The number of fused-ring (bicyclic) bond motifs is 16. The number of carbonyl (C=O) groups excluding carboxylic acids is 5. The van der Waals surface area contributed by atoms with Crippen LogP contribution in [0.2, 0.25) is 0 Å². The van der Waals surface area contributed by atoms with Crippen LogP contribution in [0, 0.1) is 0 Å². The molecule has 236 valence electrons. The Morgan fingerprint density at radius 3 is 2.42 bits per heavy atom. The van der Waals surface area contributed by atoms with Crippen LogP contribution < -0.4 is 43.2 Å². The summed E-state index contributed by atoms with van der Waals surface area (Å²) in [7, 11) is 3.68. The first-order valence-electron chi connectivity index (χ1n) is 13.5. The van der Waals surface area contributed by atoms with Crippen molar-refractivity contribution in [3.63, 3.8) is 0 Å². The van der Waals surface area contributed by atoms with E-state index in [2.05, 4.69) is 44.1 Å². The number of ether oxygens (including phenoxy) is 1. The Hall–Kier alpha value is -3.17. The molecular formula is C26H41N8O6P3. The average molecular weight is 655 g/mol. The molecule has 0 aromatic heterocycles. The maximum atomic E-state index is 13.5. The molecule has 6 atom stereocenters. The highest BCUT2D eigenvalue weighted by Gasteiger charge is 2.32. The van der Waals surface area contributed by atoms with Crippen molar-refractivity contribution in [2.75, 3.05) is 19.7 Å². The van der Waals surface area contributed by atoms with Crippen molar-refractivity contribution in [3.05, 3.63) is 42.0 Å². The maximum Gasteiger partial charge on any atom is 0.248 e. The minimum Gasteiger partial charge on any atom is -0.490 e. The maximum absolute atomic E-state index is 13.5. The van der Waals surface area contributed by atoms with Gasteiger partial charge in [-0.2, -0.15) is 0 Å². The fourth-order valence-corrected chi connectivity index (χ4v) is 5.80. The summed E-state index contributed by atoms with van der Waals surface area (Å²) in [5, 5.41) is 10.7. The zero-order chi connectivity index (χ0) is 31.9. The Labute approximate surface area is 256 Å². The Balaban J connectivity index is 2.33. The molecule has 6 unspecified atom stereocenters. The standard InChI is InChI=1S/C26H41N8O6P3/c1-15(35)19(5-4-11-31-26(28)29)32-23(38)20-13-16-6-8-17(9-7-16)40-12-3-2-10-30-21(36)14-18(27)22(37)34-25(43(41)42)24(39)33-20/h2-3,6-9,18-20,25H,4-5,10-14,27,41-42H2,1H3,(H,30,36)(H,32,38)(H,33,39)(H,34,37)(H4,28,29,31)/b3-2+. The van der Waals surface area contributed by atoms with Gasteiger partial charge in [-0.3, -0.25) is 29.0 Å². The van der Waals surface area contributed by atoms with Crippen LogP contribution in [0.25, 0.3) is 0 Å². The minimum atomic E-state index is -1.25. The molecule has 0 saturated carbocycles. The smallest absolute Gasteiger partial charge is 0.248 e. The van der Waals surface area contributed by atoms with Gasteiger partial charge in [-0.15, -0.1) is 17.9 Å². The van der Waals surface area contributed by atoms with Crippen molar-refractivity contribution < 1.29 is 28.7 Å². The first kappa shape index (κ1) is 36.0. The van der Waals surface area contributed by atoms with Crippen LogP contribution >= 0.6 is 25.2 Å². The number of nitrogens with zero attached hydrogens (tertiary/aromatic N) is 1. The highest BCUT2D eigenvalue weighted by atomic mass is 32.4. The Bertz CT molecular complexity index is 1190. The van der Waals surface area contributed by atoms with E-state index in [0.717, 1.165) is 0 Å². The minimum absolute atomic E-state index is 0.0729. The molecule has 0 radical (unpaired) electrons. The largest absolute Gasteiger partial charge is 0.490 e. The first-order valence-corrected chi connectivity index (χ1v) is 18.2. The van der Waals surface area contributed by atoms with Crippen LogP contribution in [0.15, 0.2) is 41.4 Å². The molecule has 2 bridgehead atoms. The van der Waals surface area contributed by atoms with Gasteiger partial charge in [-0.25, -0.2) is 0 Å². The summed E-state index contributed by atoms with van der Waals surface area (Å²) in [5.74, 6) is -3.17. The number of hydrogen-bond donors (Lipinski definition) is 7. The zero-order valence-corrected chi connectivity index (χ0v) is 27.2. The molecule has 14 nitrogen and oxygen atoms in total. The van der Waals surface area contributed by atoms with Crippen molar-refractivity contribution in [2.45, 2.75) is 56.5 Å². The van der Waals surface area contributed by atoms with Gasteiger partial charge in [0, 0.05) is 19.5 Å². The topological polar surface area (TPSA) is 233 Å². The van der Waals surface area contributed by atoms with E-state index in [4.69, 9.17) is 21.9 Å². The highest BCUT2D eigenvalue weighted by Crippen LogP contribution is 2.56. The number of benzene rings is 1. The molecule has 2 aliphatic heterocycles. The second kappa shape index (κ2) is 18.5. The van der Waals surface area contributed by atoms with Crippen LogP contribution in [-0.4, -0.2) is 79.0 Å². The van der Waals surface area contributed by atoms with Crippen molar-refractivity contribution in [1.29, 1.82) is 0 Å². The van der Waals surface area contributed by atoms with E-state index in [0.29, 0.717) is 17.7 Å². The molecule has 2 aliphatic rings. The number of Topliss-reactive ketones (excluding diaryl/α,β-unsaturated/α-hetero) is 1. The van der Waals surface area contributed by atoms with Crippen LogP contribution in [0.4, 0.5) is 0 Å². The number of nitrogens with one attached hydrogen (secondary N) is 4. The SMILES string of the molecule is CC(=O)C(CCCN=C(N)N)NC(=O)C1Cc2ccc(cc2)OC/C=C/CNC(=O)CC(N)C(=O)NC(P(P)P)C(=O)N1. The molecular weight excluding hydrogens is 613 g/mol. The van der Waals surface area contributed by atoms with Gasteiger partial charge in [0.05, 0.1) is 18.5 Å². The number of hydrogen-bond acceptors (Lipinski definition) is 8. The molecule has 0 saturated heterocycles. The number of ketones is 1. The summed E-state index contributed by atoms with van der Waals surface area (Å²) >= 11 is 0. The first-order chi connectivity index (χ1) is 20.4. The van der Waals surface area contributed by atoms with E-state index >= 15 is 0 Å². The third-order valence-electron chi connectivity index (χ3n) is 6.25. The summed E-state index contributed by atoms with van der Waals surface area (Å²) < 4.78 is 5.68. The van der Waals surface area contributed by atoms with E-state index in [9.17, 15) is 24.0 Å². The summed E-state index contributed by atoms with van der Waals surface area (Å²) in [5.41, 5.74) is 17.4. The van der Waals surface area contributed by atoms with Gasteiger partial charge < -0.3 is 43.2 Å². The van der Waals surface area contributed by atoms with Gasteiger partial charge in [0.15, 0.2) is 11.7 Å². The van der Waals surface area contributed by atoms with Gasteiger partial charge in [0.2, 0.25) is 23.6 Å². The van der Waals surface area contributed by atoms with E-state index in [1.807, 2.05) is 0 Å². The Kier molecular flexibility index (Phi) is 15.5. The summed E-state index contributed by atoms with van der Waals surface area (Å²) in [6, 6.07) is 3.86. The monoisotopic (exact) mass is 654 g/mol. The molecule has 0 fully saturated rings. The summed E-state index contributed by atoms with van der Waals surface area (Å²) in [6.07, 6.45) is 3.97. The van der Waals surface area contributed by atoms with E-state index in [1.54, 1.807) is 36.4 Å². The summed E-state index contributed by atoms with van der Waals surface area (Å²) in [6.45, 7) is 2.12. The predicted octanol–water partition coefficient (Wildman–Crippen LogP) is -0.872. The van der Waals surface area contributed by atoms with Gasteiger partial charge in [0.25, 0.3) is 0 Å². The second-order valence-electron chi connectivity index (χ2n) is 9.79. The number of guanidine groups is 1. The number of rotatable bonds is 8. The number of nitrogens with two attached hydrogens (primary N) is 3. The second-order valence-corrected chi connectivity index (χ2v) is 16.6. The Morgan fingerprint density at radius 1 is 1.09 bits per heavy atom. The lowest BCUT2D eigenvalue weighted by molar-refractivity contribution is -0.132. The van der Waals surface area contributed by atoms with E-state index in [-0.39, 0.29) is 50.7 Å². The average Bonchev–Trinajstić information content (AvgIpc) is 2.94. The van der Waals surface area contributed by atoms with Crippen molar-refractivity contribution in [3.8, 4) is 5.75 Å². The molecule has 17 heteroatoms. The van der Waals surface area contributed by atoms with Gasteiger partial charge >= 0.3 is 0 Å². The molecule has 2 heterocycles. The van der Waals surface area contributed by atoms with Crippen molar-refractivity contribution in [1.82, 2.24) is 21.3 Å². The van der Waals surface area contributed by atoms with Crippen LogP contribution in [0.5, 0.6) is 5.75 Å². The van der Waals surface area contributed by atoms with Crippen LogP contribution in [-0.2, 0) is 30.4 Å². The molecule has 0 aliphatic carbocycles. The van der Waals surface area contributed by atoms with E-state index < -0.39 is 54.8 Å². The molecule has 1 aromatic rings. The molecule has 4 amide bonds. The fourth-order valence-electron chi connectivity index (χ4n) is 3.92. The normalized spacial score (nSPS) is 21.8. The molecule has 1 aromatic carbocycles. The highest BCUT2D eigenvalue weighted by molar-refractivity contribution is 8.43. The fraction of sp³-hybridized carbons (Fsp3) is 0.462. The summed E-state index contributed by atoms with van der Waals surface area (Å²) in [4.78, 5) is 68.2. The lowest BCUT2D eigenvalue weighted by atomic mass is 10.0. The van der Waals surface area contributed by atoms with Gasteiger partial charge in [-0.05, 0) is 50.8 Å². The van der Waals surface area contributed by atoms with Crippen molar-refractivity contribution >= 4 is 60.5 Å². The Morgan fingerprint density at radius 2 is 1.79 bits per heavy atom. The van der Waals surface area contributed by atoms with Crippen LogP contribution in [0.1, 0.15) is 31.7 Å². The zero-order valence-electron chi connectivity index (χ0n) is 24.0. The molecule has 0 spiro atoms. The molecule has 3 rings (SSSR count). The van der Waals surface area contributed by atoms with Crippen LogP contribution in [0.3, 0.4) is 0 Å². The van der Waals surface area contributed by atoms with Crippen molar-refractivity contribution in [2.24, 2.45) is 22.2 Å². The third-order valence-corrected chi connectivity index (χ3v) is 8.99. The molecule has 10 N–H and O–H groups in total. The predicted molar refractivity (Wildman–Crippen MR) is 173 cm³/mol. The lowest BCUT2D eigenvalue weighted by Crippen LogP contribution is -2.56. The van der Waals surface area contributed by atoms with Gasteiger partial charge in [0.1, 0.15) is 24.2 Å². The molecule has 43 heavy (non-hydrogen) atoms. The lowest BCUT2D eigenvalue weighted by Gasteiger charge is -2.27. The van der Waals surface area contributed by atoms with E-state index in [1.165, 1.54) is 6.92 Å². The number of carbonyl (C=O) groups is 5. The number of aliphatic imine (C=N–C) groups is 1.